The first kappa shape index (κ1) is 17.1. The number of rotatable bonds is 5. The molecule has 0 fully saturated rings. The summed E-state index contributed by atoms with van der Waals surface area (Å²) in [5.74, 6) is 0.231. The predicted octanol–water partition coefficient (Wildman–Crippen LogP) is 1.31. The molecule has 2 heterocycles. The summed E-state index contributed by atoms with van der Waals surface area (Å²) in [5.41, 5.74) is 1.11. The molecule has 0 aromatic carbocycles. The minimum absolute atomic E-state index is 0.0202. The predicted molar refractivity (Wildman–Crippen MR) is 91.7 cm³/mol. The molecule has 0 aliphatic carbocycles. The smallest absolute Gasteiger partial charge is 0.242 e. The number of fused-ring (bicyclic) bond motifs is 1. The molecule has 0 bridgehead atoms. The highest BCUT2D eigenvalue weighted by atomic mass is 32.1. The van der Waals surface area contributed by atoms with Crippen molar-refractivity contribution in [1.82, 2.24) is 20.2 Å². The van der Waals surface area contributed by atoms with Gasteiger partial charge in [-0.1, -0.05) is 0 Å². The fourth-order valence-electron chi connectivity index (χ4n) is 2.04. The van der Waals surface area contributed by atoms with E-state index in [1.165, 1.54) is 16.1 Å². The van der Waals surface area contributed by atoms with Crippen LogP contribution in [0.3, 0.4) is 0 Å². The second kappa shape index (κ2) is 6.91. The fourth-order valence-corrected chi connectivity index (χ4v) is 3.03. The van der Waals surface area contributed by atoms with E-state index in [-0.39, 0.29) is 18.4 Å². The number of carbonyl (C=O) groups excluding carboxylic acids is 2. The number of hydrogen-bond acceptors (Lipinski definition) is 6. The van der Waals surface area contributed by atoms with Crippen molar-refractivity contribution in [3.8, 4) is 0 Å². The van der Waals surface area contributed by atoms with Gasteiger partial charge in [0.25, 0.3) is 0 Å². The maximum atomic E-state index is 12.1. The fraction of sp³-hybridized carbons (Fsp3) is 0.467. The van der Waals surface area contributed by atoms with E-state index in [0.29, 0.717) is 5.82 Å². The Balaban J connectivity index is 2.10. The summed E-state index contributed by atoms with van der Waals surface area (Å²) in [4.78, 5) is 35.7. The number of likely N-dealkylation sites (N-methyl/N-ethyl adjacent to an activating group) is 1. The third kappa shape index (κ3) is 3.76. The van der Waals surface area contributed by atoms with Crippen LogP contribution in [0.15, 0.2) is 6.33 Å². The highest BCUT2D eigenvalue weighted by Gasteiger charge is 2.18. The monoisotopic (exact) mass is 335 g/mol. The van der Waals surface area contributed by atoms with Gasteiger partial charge in [0, 0.05) is 19.0 Å². The van der Waals surface area contributed by atoms with E-state index in [2.05, 4.69) is 20.6 Å². The van der Waals surface area contributed by atoms with E-state index in [4.69, 9.17) is 0 Å². The molecule has 0 radical (unpaired) electrons. The van der Waals surface area contributed by atoms with E-state index in [1.807, 2.05) is 13.8 Å². The Hall–Kier alpha value is -2.22. The summed E-state index contributed by atoms with van der Waals surface area (Å²) in [6.45, 7) is 5.77. The van der Waals surface area contributed by atoms with Gasteiger partial charge in [0.05, 0.1) is 11.9 Å². The van der Waals surface area contributed by atoms with Crippen molar-refractivity contribution in [1.29, 1.82) is 0 Å². The Morgan fingerprint density at radius 2 is 2.00 bits per heavy atom. The number of nitrogens with zero attached hydrogens (tertiary/aromatic N) is 3. The molecule has 1 atom stereocenters. The first-order valence-corrected chi connectivity index (χ1v) is 8.08. The van der Waals surface area contributed by atoms with Crippen molar-refractivity contribution in [3.05, 3.63) is 16.8 Å². The zero-order valence-corrected chi connectivity index (χ0v) is 14.7. The molecule has 0 saturated carbocycles. The molecule has 2 aromatic heterocycles. The number of aromatic nitrogens is 2. The van der Waals surface area contributed by atoms with Crippen LogP contribution in [0.25, 0.3) is 10.2 Å². The summed E-state index contributed by atoms with van der Waals surface area (Å²) in [7, 11) is 3.30. The Morgan fingerprint density at radius 1 is 1.30 bits per heavy atom. The summed E-state index contributed by atoms with van der Waals surface area (Å²) in [6, 6.07) is -0.511. The van der Waals surface area contributed by atoms with Crippen LogP contribution >= 0.6 is 11.3 Å². The molecule has 23 heavy (non-hydrogen) atoms. The molecular weight excluding hydrogens is 314 g/mol. The third-order valence-corrected chi connectivity index (χ3v) is 4.74. The van der Waals surface area contributed by atoms with Crippen LogP contribution in [0, 0.1) is 13.8 Å². The topological polar surface area (TPSA) is 87.2 Å². The first-order chi connectivity index (χ1) is 10.8. The number of hydrogen-bond donors (Lipinski definition) is 2. The lowest BCUT2D eigenvalue weighted by molar-refractivity contribution is -0.131. The molecule has 0 aliphatic heterocycles. The van der Waals surface area contributed by atoms with E-state index in [0.717, 1.165) is 15.8 Å². The van der Waals surface area contributed by atoms with Gasteiger partial charge in [0.2, 0.25) is 11.8 Å². The number of aryl methyl sites for hydroxylation is 2. The van der Waals surface area contributed by atoms with Gasteiger partial charge in [-0.15, -0.1) is 11.3 Å². The number of nitrogens with one attached hydrogen (secondary N) is 2. The average molecular weight is 335 g/mol. The van der Waals surface area contributed by atoms with E-state index in [9.17, 15) is 9.59 Å². The van der Waals surface area contributed by atoms with Crippen LogP contribution < -0.4 is 10.6 Å². The van der Waals surface area contributed by atoms with Crippen molar-refractivity contribution in [2.45, 2.75) is 26.8 Å². The standard InChI is InChI=1S/C15H21N5O2S/c1-8-10(3)23-15-12(8)13(17-7-18-15)19-9(2)14(22)16-6-11(21)20(4)5/h7,9H,6H2,1-5H3,(H,16,22)(H,17,18,19)/t9-/m0/s1. The van der Waals surface area contributed by atoms with Crippen molar-refractivity contribution >= 4 is 39.2 Å². The van der Waals surface area contributed by atoms with Gasteiger partial charge >= 0.3 is 0 Å². The van der Waals surface area contributed by atoms with E-state index >= 15 is 0 Å². The van der Waals surface area contributed by atoms with Crippen molar-refractivity contribution in [2.75, 3.05) is 26.0 Å². The minimum Gasteiger partial charge on any atom is -0.358 e. The molecule has 2 amide bonds. The van der Waals surface area contributed by atoms with E-state index in [1.54, 1.807) is 32.4 Å². The normalized spacial score (nSPS) is 12.0. The Labute approximate surface area is 139 Å². The van der Waals surface area contributed by atoms with Gasteiger partial charge in [0.15, 0.2) is 0 Å². The van der Waals surface area contributed by atoms with Gasteiger partial charge in [-0.05, 0) is 26.3 Å². The van der Waals surface area contributed by atoms with Gasteiger partial charge in [-0.25, -0.2) is 9.97 Å². The zero-order valence-electron chi connectivity index (χ0n) is 13.9. The zero-order chi connectivity index (χ0) is 17.1. The van der Waals surface area contributed by atoms with Crippen LogP contribution in [-0.2, 0) is 9.59 Å². The molecule has 2 aromatic rings. The largest absolute Gasteiger partial charge is 0.358 e. The molecule has 2 N–H and O–H groups in total. The quantitative estimate of drug-likeness (QED) is 0.860. The van der Waals surface area contributed by atoms with Crippen LogP contribution in [0.2, 0.25) is 0 Å². The molecule has 0 unspecified atom stereocenters. The highest BCUT2D eigenvalue weighted by molar-refractivity contribution is 7.18. The lowest BCUT2D eigenvalue weighted by Crippen LogP contribution is -2.42. The number of amides is 2. The summed E-state index contributed by atoms with van der Waals surface area (Å²) < 4.78 is 0. The molecule has 0 saturated heterocycles. The SMILES string of the molecule is Cc1sc2ncnc(N[C@@H](C)C(=O)NCC(=O)N(C)C)c2c1C. The molecular formula is C15H21N5O2S. The Bertz CT molecular complexity index is 741. The van der Waals surface area contributed by atoms with Gasteiger partial charge in [-0.3, -0.25) is 9.59 Å². The number of carbonyl (C=O) groups is 2. The van der Waals surface area contributed by atoms with Crippen molar-refractivity contribution < 1.29 is 9.59 Å². The molecule has 124 valence electrons. The van der Waals surface area contributed by atoms with Crippen LogP contribution in [0.5, 0.6) is 0 Å². The summed E-state index contributed by atoms with van der Waals surface area (Å²) in [6.07, 6.45) is 1.49. The lowest BCUT2D eigenvalue weighted by Gasteiger charge is -2.16. The summed E-state index contributed by atoms with van der Waals surface area (Å²) >= 11 is 1.60. The average Bonchev–Trinajstić information content (AvgIpc) is 2.80. The van der Waals surface area contributed by atoms with Gasteiger partial charge < -0.3 is 15.5 Å². The van der Waals surface area contributed by atoms with Crippen LogP contribution in [0.4, 0.5) is 5.82 Å². The maximum absolute atomic E-state index is 12.1. The Kier molecular flexibility index (Phi) is 5.15. The number of anilines is 1. The van der Waals surface area contributed by atoms with Gasteiger partial charge in [-0.2, -0.15) is 0 Å². The maximum Gasteiger partial charge on any atom is 0.242 e. The minimum atomic E-state index is -0.511. The van der Waals surface area contributed by atoms with Crippen molar-refractivity contribution in [2.24, 2.45) is 0 Å². The molecule has 8 heteroatoms. The number of thiophene rings is 1. The highest BCUT2D eigenvalue weighted by Crippen LogP contribution is 2.32. The summed E-state index contributed by atoms with van der Waals surface area (Å²) in [5, 5.41) is 6.67. The van der Waals surface area contributed by atoms with E-state index < -0.39 is 6.04 Å². The lowest BCUT2D eigenvalue weighted by atomic mass is 10.2. The molecule has 0 spiro atoms. The molecule has 2 rings (SSSR count). The molecule has 7 nitrogen and oxygen atoms in total. The van der Waals surface area contributed by atoms with Crippen LogP contribution in [-0.4, -0.2) is 53.4 Å². The van der Waals surface area contributed by atoms with Crippen LogP contribution in [0.1, 0.15) is 17.4 Å². The van der Waals surface area contributed by atoms with Gasteiger partial charge in [0.1, 0.15) is 23.0 Å². The second-order valence-corrected chi connectivity index (χ2v) is 6.76. The van der Waals surface area contributed by atoms with Crippen molar-refractivity contribution in [3.63, 3.8) is 0 Å². The Morgan fingerprint density at radius 3 is 2.65 bits per heavy atom. The third-order valence-electron chi connectivity index (χ3n) is 3.62. The first-order valence-electron chi connectivity index (χ1n) is 7.26. The second-order valence-electron chi connectivity index (χ2n) is 5.56. The molecule has 0 aliphatic rings.